The van der Waals surface area contributed by atoms with Crippen LogP contribution in [0.15, 0.2) is 18.2 Å². The highest BCUT2D eigenvalue weighted by Crippen LogP contribution is 2.34. The van der Waals surface area contributed by atoms with Crippen LogP contribution in [0.1, 0.15) is 32.3 Å². The van der Waals surface area contributed by atoms with Crippen molar-refractivity contribution in [3.05, 3.63) is 23.8 Å². The normalized spacial score (nSPS) is 13.8. The maximum absolute atomic E-state index is 11.8. The molecule has 0 saturated heterocycles. The number of carbonyl (C=O) groups is 1. The van der Waals surface area contributed by atoms with Crippen molar-refractivity contribution in [1.29, 1.82) is 0 Å². The van der Waals surface area contributed by atoms with Crippen LogP contribution < -0.4 is 20.1 Å². The molecular formula is C17H26N2O3. The molecule has 1 aromatic rings. The molecule has 1 aliphatic heterocycles. The van der Waals surface area contributed by atoms with Gasteiger partial charge in [0, 0.05) is 18.4 Å². The molecule has 5 heteroatoms. The zero-order valence-electron chi connectivity index (χ0n) is 13.7. The Morgan fingerprint density at radius 2 is 1.95 bits per heavy atom. The van der Waals surface area contributed by atoms with Gasteiger partial charge in [-0.15, -0.1) is 0 Å². The Bertz CT molecular complexity index is 515. The fourth-order valence-corrected chi connectivity index (χ4v) is 2.40. The van der Waals surface area contributed by atoms with Crippen LogP contribution >= 0.6 is 0 Å². The molecule has 122 valence electrons. The van der Waals surface area contributed by atoms with Crippen molar-refractivity contribution < 1.29 is 14.3 Å². The summed E-state index contributed by atoms with van der Waals surface area (Å²) in [6.07, 6.45) is 1.41. The van der Waals surface area contributed by atoms with E-state index >= 15 is 0 Å². The van der Waals surface area contributed by atoms with Crippen molar-refractivity contribution in [3.63, 3.8) is 0 Å². The van der Waals surface area contributed by atoms with Gasteiger partial charge in [-0.1, -0.05) is 19.9 Å². The largest absolute Gasteiger partial charge is 0.486 e. The van der Waals surface area contributed by atoms with Gasteiger partial charge in [0.25, 0.3) is 0 Å². The summed E-state index contributed by atoms with van der Waals surface area (Å²) in [5.41, 5.74) is 0.974. The molecule has 1 amide bonds. The molecule has 2 N–H and O–H groups in total. The van der Waals surface area contributed by atoms with Gasteiger partial charge in [-0.3, -0.25) is 4.79 Å². The molecular weight excluding hydrogens is 280 g/mol. The summed E-state index contributed by atoms with van der Waals surface area (Å²) in [6, 6.07) is 6.00. The molecule has 0 radical (unpaired) electrons. The van der Waals surface area contributed by atoms with Crippen LogP contribution in [0.25, 0.3) is 0 Å². The van der Waals surface area contributed by atoms with E-state index in [0.717, 1.165) is 30.0 Å². The summed E-state index contributed by atoms with van der Waals surface area (Å²) in [5, 5.41) is 6.07. The van der Waals surface area contributed by atoms with Crippen LogP contribution in [0, 0.1) is 0 Å². The highest BCUT2D eigenvalue weighted by Gasteiger charge is 2.24. The lowest BCUT2D eigenvalue weighted by molar-refractivity contribution is -0.121. The maximum atomic E-state index is 11.8. The van der Waals surface area contributed by atoms with Gasteiger partial charge in [0.05, 0.1) is 0 Å². The molecule has 22 heavy (non-hydrogen) atoms. The first kappa shape index (κ1) is 16.6. The van der Waals surface area contributed by atoms with Gasteiger partial charge in [-0.05, 0) is 37.7 Å². The SMILES string of the molecule is CNCCCC(=O)NCC(C)(C)c1ccc2c(c1)OCCO2. The Balaban J connectivity index is 1.93. The van der Waals surface area contributed by atoms with E-state index in [-0.39, 0.29) is 11.3 Å². The molecule has 0 spiro atoms. The lowest BCUT2D eigenvalue weighted by Crippen LogP contribution is -2.36. The third-order valence-corrected chi connectivity index (χ3v) is 3.88. The summed E-state index contributed by atoms with van der Waals surface area (Å²) < 4.78 is 11.2. The van der Waals surface area contributed by atoms with Crippen molar-refractivity contribution in [2.24, 2.45) is 0 Å². The number of fused-ring (bicyclic) bond motifs is 1. The quantitative estimate of drug-likeness (QED) is 0.755. The minimum Gasteiger partial charge on any atom is -0.486 e. The zero-order valence-corrected chi connectivity index (χ0v) is 13.7. The van der Waals surface area contributed by atoms with Gasteiger partial charge in [0.15, 0.2) is 11.5 Å². The van der Waals surface area contributed by atoms with Crippen LogP contribution in [-0.2, 0) is 10.2 Å². The number of hydrogen-bond donors (Lipinski definition) is 2. The van der Waals surface area contributed by atoms with E-state index < -0.39 is 0 Å². The highest BCUT2D eigenvalue weighted by atomic mass is 16.6. The number of benzene rings is 1. The molecule has 2 rings (SSSR count). The van der Waals surface area contributed by atoms with Gasteiger partial charge < -0.3 is 20.1 Å². The van der Waals surface area contributed by atoms with Crippen molar-refractivity contribution in [3.8, 4) is 11.5 Å². The fourth-order valence-electron chi connectivity index (χ4n) is 2.40. The summed E-state index contributed by atoms with van der Waals surface area (Å²) in [5.74, 6) is 1.68. The van der Waals surface area contributed by atoms with Crippen molar-refractivity contribution in [2.75, 3.05) is 33.4 Å². The molecule has 1 aliphatic rings. The van der Waals surface area contributed by atoms with E-state index in [0.29, 0.717) is 26.2 Å². The average Bonchev–Trinajstić information content (AvgIpc) is 2.53. The monoisotopic (exact) mass is 306 g/mol. The van der Waals surface area contributed by atoms with Crippen molar-refractivity contribution in [1.82, 2.24) is 10.6 Å². The Labute approximate surface area is 132 Å². The number of amides is 1. The van der Waals surface area contributed by atoms with Gasteiger partial charge in [0.1, 0.15) is 13.2 Å². The highest BCUT2D eigenvalue weighted by molar-refractivity contribution is 5.76. The minimum absolute atomic E-state index is 0.0980. The predicted octanol–water partition coefficient (Wildman–Crippen LogP) is 1.85. The van der Waals surface area contributed by atoms with Crippen LogP contribution in [0.3, 0.4) is 0 Å². The van der Waals surface area contributed by atoms with E-state index in [2.05, 4.69) is 24.5 Å². The van der Waals surface area contributed by atoms with Gasteiger partial charge in [-0.2, -0.15) is 0 Å². The van der Waals surface area contributed by atoms with E-state index in [1.54, 1.807) is 0 Å². The maximum Gasteiger partial charge on any atom is 0.220 e. The van der Waals surface area contributed by atoms with E-state index in [1.807, 2.05) is 25.2 Å². The average molecular weight is 306 g/mol. The molecule has 0 bridgehead atoms. The van der Waals surface area contributed by atoms with Crippen molar-refractivity contribution in [2.45, 2.75) is 32.1 Å². The van der Waals surface area contributed by atoms with Crippen LogP contribution in [0.4, 0.5) is 0 Å². The Hall–Kier alpha value is -1.75. The molecule has 0 aromatic heterocycles. The van der Waals surface area contributed by atoms with E-state index in [4.69, 9.17) is 9.47 Å². The lowest BCUT2D eigenvalue weighted by atomic mass is 9.84. The topological polar surface area (TPSA) is 59.6 Å². The Kier molecular flexibility index (Phi) is 5.66. The third kappa shape index (κ3) is 4.37. The zero-order chi connectivity index (χ0) is 16.0. The first-order valence-corrected chi connectivity index (χ1v) is 7.84. The molecule has 0 saturated carbocycles. The molecule has 0 aliphatic carbocycles. The van der Waals surface area contributed by atoms with E-state index in [1.165, 1.54) is 0 Å². The molecule has 1 heterocycles. The second-order valence-corrected chi connectivity index (χ2v) is 6.23. The number of nitrogens with one attached hydrogen (secondary N) is 2. The van der Waals surface area contributed by atoms with Gasteiger partial charge in [-0.25, -0.2) is 0 Å². The number of ether oxygens (including phenoxy) is 2. The van der Waals surface area contributed by atoms with Crippen LogP contribution in [0.2, 0.25) is 0 Å². The second kappa shape index (κ2) is 7.49. The second-order valence-electron chi connectivity index (χ2n) is 6.23. The molecule has 5 nitrogen and oxygen atoms in total. The Morgan fingerprint density at radius 1 is 1.23 bits per heavy atom. The summed E-state index contributed by atoms with van der Waals surface area (Å²) in [6.45, 7) is 6.88. The standard InChI is InChI=1S/C17H26N2O3/c1-17(2,12-19-16(20)5-4-8-18-3)13-6-7-14-15(11-13)22-10-9-21-14/h6-7,11,18H,4-5,8-10,12H2,1-3H3,(H,19,20). The first-order valence-electron chi connectivity index (χ1n) is 7.84. The molecule has 0 unspecified atom stereocenters. The first-order chi connectivity index (χ1) is 10.5. The lowest BCUT2D eigenvalue weighted by Gasteiger charge is -2.27. The summed E-state index contributed by atoms with van der Waals surface area (Å²) >= 11 is 0. The van der Waals surface area contributed by atoms with Gasteiger partial charge in [0.2, 0.25) is 5.91 Å². The third-order valence-electron chi connectivity index (χ3n) is 3.88. The van der Waals surface area contributed by atoms with E-state index in [9.17, 15) is 4.79 Å². The van der Waals surface area contributed by atoms with Crippen molar-refractivity contribution >= 4 is 5.91 Å². The number of hydrogen-bond acceptors (Lipinski definition) is 4. The fraction of sp³-hybridized carbons (Fsp3) is 0.588. The molecule has 1 aromatic carbocycles. The summed E-state index contributed by atoms with van der Waals surface area (Å²) in [7, 11) is 1.89. The molecule has 0 fully saturated rings. The van der Waals surface area contributed by atoms with Gasteiger partial charge >= 0.3 is 0 Å². The van der Waals surface area contributed by atoms with Crippen LogP contribution in [-0.4, -0.2) is 39.3 Å². The summed E-state index contributed by atoms with van der Waals surface area (Å²) in [4.78, 5) is 11.8. The Morgan fingerprint density at radius 3 is 2.68 bits per heavy atom. The number of rotatable bonds is 7. The number of carbonyl (C=O) groups excluding carboxylic acids is 1. The predicted molar refractivity (Wildman–Crippen MR) is 86.6 cm³/mol. The molecule has 0 atom stereocenters. The minimum atomic E-state index is -0.158. The smallest absolute Gasteiger partial charge is 0.220 e. The van der Waals surface area contributed by atoms with Crippen LogP contribution in [0.5, 0.6) is 11.5 Å².